The summed E-state index contributed by atoms with van der Waals surface area (Å²) in [6.07, 6.45) is 0.739. The Labute approximate surface area is 80.8 Å². The van der Waals surface area contributed by atoms with Crippen molar-refractivity contribution in [2.45, 2.75) is 46.6 Å². The smallest absolute Gasteiger partial charge is 0.407 e. The lowest BCUT2D eigenvalue weighted by atomic mass is 10.1. The molecule has 0 saturated heterocycles. The first-order chi connectivity index (χ1) is 5.85. The molecule has 0 spiro atoms. The Morgan fingerprint density at radius 2 is 2.00 bits per heavy atom. The predicted octanol–water partition coefficient (Wildman–Crippen LogP) is 2.56. The molecule has 3 heteroatoms. The lowest BCUT2D eigenvalue weighted by Gasteiger charge is -2.20. The Hall–Kier alpha value is -0.730. The quantitative estimate of drug-likeness (QED) is 0.737. The van der Waals surface area contributed by atoms with E-state index in [-0.39, 0.29) is 6.09 Å². The highest BCUT2D eigenvalue weighted by Gasteiger charge is 2.15. The fourth-order valence-corrected chi connectivity index (χ4v) is 0.716. The van der Waals surface area contributed by atoms with Crippen molar-refractivity contribution in [1.82, 2.24) is 5.32 Å². The number of nitrogens with one attached hydrogen (secondary N) is 1. The monoisotopic (exact) mass is 187 g/mol. The van der Waals surface area contributed by atoms with Gasteiger partial charge in [0.1, 0.15) is 5.60 Å². The molecule has 0 aromatic rings. The summed E-state index contributed by atoms with van der Waals surface area (Å²) in [5.41, 5.74) is -0.403. The van der Waals surface area contributed by atoms with Crippen molar-refractivity contribution in [2.24, 2.45) is 5.92 Å². The summed E-state index contributed by atoms with van der Waals surface area (Å²) in [6.45, 7) is 10.5. The maximum Gasteiger partial charge on any atom is 0.407 e. The number of hydrogen-bond acceptors (Lipinski definition) is 2. The molecule has 0 saturated carbocycles. The third kappa shape index (κ3) is 7.62. The van der Waals surface area contributed by atoms with Gasteiger partial charge in [0.05, 0.1) is 0 Å². The Morgan fingerprint density at radius 1 is 1.46 bits per heavy atom. The van der Waals surface area contributed by atoms with E-state index in [0.29, 0.717) is 12.5 Å². The van der Waals surface area contributed by atoms with Crippen molar-refractivity contribution in [1.29, 1.82) is 0 Å². The summed E-state index contributed by atoms with van der Waals surface area (Å²) in [5.74, 6) is 0.507. The molecule has 0 fully saturated rings. The first kappa shape index (κ1) is 12.3. The van der Waals surface area contributed by atoms with Gasteiger partial charge < -0.3 is 10.1 Å². The molecule has 78 valence electrons. The average Bonchev–Trinajstić information content (AvgIpc) is 1.97. The number of alkyl carbamates (subject to hydrolysis) is 1. The van der Waals surface area contributed by atoms with Gasteiger partial charge in [-0.3, -0.25) is 0 Å². The van der Waals surface area contributed by atoms with Crippen LogP contribution in [0.15, 0.2) is 0 Å². The summed E-state index contributed by atoms with van der Waals surface area (Å²) in [7, 11) is 0. The zero-order chi connectivity index (χ0) is 10.5. The second-order valence-corrected chi connectivity index (χ2v) is 4.40. The van der Waals surface area contributed by atoms with Gasteiger partial charge in [0.2, 0.25) is 0 Å². The fraction of sp³-hybridized carbons (Fsp3) is 0.900. The zero-order valence-electron chi connectivity index (χ0n) is 9.31. The second-order valence-electron chi connectivity index (χ2n) is 4.40. The van der Waals surface area contributed by atoms with Crippen LogP contribution in [0.4, 0.5) is 4.79 Å². The van der Waals surface area contributed by atoms with Gasteiger partial charge in [-0.15, -0.1) is 0 Å². The molecule has 0 unspecified atom stereocenters. The molecular weight excluding hydrogens is 166 g/mol. The highest BCUT2D eigenvalue weighted by atomic mass is 16.6. The van der Waals surface area contributed by atoms with Crippen LogP contribution in [-0.2, 0) is 4.74 Å². The Balaban J connectivity index is 3.64. The van der Waals surface area contributed by atoms with Gasteiger partial charge in [0.15, 0.2) is 0 Å². The van der Waals surface area contributed by atoms with E-state index in [4.69, 9.17) is 4.74 Å². The van der Waals surface area contributed by atoms with Crippen molar-refractivity contribution in [3.63, 3.8) is 0 Å². The molecule has 1 atom stereocenters. The van der Waals surface area contributed by atoms with E-state index >= 15 is 0 Å². The highest BCUT2D eigenvalue weighted by Crippen LogP contribution is 2.06. The topological polar surface area (TPSA) is 38.3 Å². The minimum atomic E-state index is -0.403. The lowest BCUT2D eigenvalue weighted by Crippen LogP contribution is -2.34. The fourth-order valence-electron chi connectivity index (χ4n) is 0.716. The first-order valence-electron chi connectivity index (χ1n) is 4.82. The number of ether oxygens (including phenoxy) is 1. The summed E-state index contributed by atoms with van der Waals surface area (Å²) >= 11 is 0. The third-order valence-electron chi connectivity index (χ3n) is 1.69. The standard InChI is InChI=1S/C10H21NO2/c1-6-8(2)7-11-9(12)13-10(3,4)5/h8H,6-7H2,1-5H3,(H,11,12)/t8-/m1/s1. The van der Waals surface area contributed by atoms with Crippen LogP contribution < -0.4 is 5.32 Å². The van der Waals surface area contributed by atoms with Gasteiger partial charge in [-0.2, -0.15) is 0 Å². The first-order valence-corrected chi connectivity index (χ1v) is 4.82. The summed E-state index contributed by atoms with van der Waals surface area (Å²) in [5, 5.41) is 2.73. The van der Waals surface area contributed by atoms with Crippen LogP contribution in [0.2, 0.25) is 0 Å². The molecular formula is C10H21NO2. The minimum absolute atomic E-state index is 0.326. The predicted molar refractivity (Wildman–Crippen MR) is 53.7 cm³/mol. The molecule has 3 nitrogen and oxygen atoms in total. The van der Waals surface area contributed by atoms with E-state index in [0.717, 1.165) is 6.42 Å². The van der Waals surface area contributed by atoms with Crippen LogP contribution in [0.3, 0.4) is 0 Å². The molecule has 0 aromatic carbocycles. The molecule has 0 rings (SSSR count). The number of carbonyl (C=O) groups is 1. The van der Waals surface area contributed by atoms with Crippen LogP contribution in [0.5, 0.6) is 0 Å². The van der Waals surface area contributed by atoms with E-state index in [1.165, 1.54) is 0 Å². The van der Waals surface area contributed by atoms with Crippen LogP contribution >= 0.6 is 0 Å². The average molecular weight is 187 g/mol. The van der Waals surface area contributed by atoms with Crippen molar-refractivity contribution in [3.8, 4) is 0 Å². The van der Waals surface area contributed by atoms with Crippen LogP contribution in [-0.4, -0.2) is 18.2 Å². The van der Waals surface area contributed by atoms with Crippen molar-refractivity contribution >= 4 is 6.09 Å². The van der Waals surface area contributed by atoms with Gasteiger partial charge >= 0.3 is 6.09 Å². The molecule has 0 bridgehead atoms. The summed E-state index contributed by atoms with van der Waals surface area (Å²) < 4.78 is 5.08. The summed E-state index contributed by atoms with van der Waals surface area (Å²) in [6, 6.07) is 0. The molecule has 1 amide bonds. The second kappa shape index (κ2) is 5.10. The van der Waals surface area contributed by atoms with Crippen molar-refractivity contribution < 1.29 is 9.53 Å². The lowest BCUT2D eigenvalue weighted by molar-refractivity contribution is 0.0520. The molecule has 0 aliphatic heterocycles. The van der Waals surface area contributed by atoms with Crippen molar-refractivity contribution in [2.75, 3.05) is 6.54 Å². The Bertz CT molecular complexity index is 161. The number of amides is 1. The minimum Gasteiger partial charge on any atom is -0.444 e. The van der Waals surface area contributed by atoms with Gasteiger partial charge in [-0.1, -0.05) is 20.3 Å². The van der Waals surface area contributed by atoms with Crippen LogP contribution in [0.1, 0.15) is 41.0 Å². The molecule has 0 aromatic heterocycles. The Kier molecular flexibility index (Phi) is 4.81. The zero-order valence-corrected chi connectivity index (χ0v) is 9.31. The molecule has 0 heterocycles. The maximum absolute atomic E-state index is 11.1. The van der Waals surface area contributed by atoms with Gasteiger partial charge in [-0.25, -0.2) is 4.79 Å². The molecule has 0 radical (unpaired) electrons. The number of carbonyl (C=O) groups excluding carboxylic acids is 1. The molecule has 13 heavy (non-hydrogen) atoms. The van der Waals surface area contributed by atoms with Gasteiger partial charge in [-0.05, 0) is 26.7 Å². The van der Waals surface area contributed by atoms with Crippen molar-refractivity contribution in [3.05, 3.63) is 0 Å². The SMILES string of the molecule is CC[C@@H](C)CNC(=O)OC(C)(C)C. The number of hydrogen-bond donors (Lipinski definition) is 1. The van der Waals surface area contributed by atoms with E-state index < -0.39 is 5.60 Å². The third-order valence-corrected chi connectivity index (χ3v) is 1.69. The van der Waals surface area contributed by atoms with Crippen LogP contribution in [0, 0.1) is 5.92 Å². The molecule has 0 aliphatic carbocycles. The van der Waals surface area contributed by atoms with E-state index in [1.54, 1.807) is 0 Å². The van der Waals surface area contributed by atoms with Crippen LogP contribution in [0.25, 0.3) is 0 Å². The van der Waals surface area contributed by atoms with E-state index in [1.807, 2.05) is 20.8 Å². The van der Waals surface area contributed by atoms with E-state index in [2.05, 4.69) is 19.2 Å². The normalized spacial score (nSPS) is 13.6. The number of rotatable bonds is 3. The summed E-state index contributed by atoms with van der Waals surface area (Å²) in [4.78, 5) is 11.1. The van der Waals surface area contributed by atoms with Gasteiger partial charge in [0, 0.05) is 6.54 Å². The molecule has 1 N–H and O–H groups in total. The molecule has 0 aliphatic rings. The Morgan fingerprint density at radius 3 is 2.38 bits per heavy atom. The maximum atomic E-state index is 11.1. The highest BCUT2D eigenvalue weighted by molar-refractivity contribution is 5.67. The van der Waals surface area contributed by atoms with Gasteiger partial charge in [0.25, 0.3) is 0 Å². The largest absolute Gasteiger partial charge is 0.444 e. The van der Waals surface area contributed by atoms with E-state index in [9.17, 15) is 4.79 Å².